The number of fused-ring (bicyclic) bond motifs is 1. The van der Waals surface area contributed by atoms with Crippen LogP contribution in [-0.4, -0.2) is 70.5 Å². The summed E-state index contributed by atoms with van der Waals surface area (Å²) in [6, 6.07) is 16.3. The number of rotatable bonds is 5. The Kier molecular flexibility index (Phi) is 5.89. The monoisotopic (exact) mass is 433 g/mol. The van der Waals surface area contributed by atoms with Gasteiger partial charge in [-0.2, -0.15) is 0 Å². The summed E-state index contributed by atoms with van der Waals surface area (Å²) in [6.45, 7) is 5.52. The largest absolute Gasteiger partial charge is 0.454 e. The Bertz CT molecular complexity index is 1070. The average Bonchev–Trinajstić information content (AvgIpc) is 3.50. The summed E-state index contributed by atoms with van der Waals surface area (Å²) in [5, 5.41) is 11.8. The van der Waals surface area contributed by atoms with Crippen LogP contribution < -0.4 is 14.8 Å². The minimum Gasteiger partial charge on any atom is -0.454 e. The van der Waals surface area contributed by atoms with Crippen molar-refractivity contribution in [3.63, 3.8) is 0 Å². The Morgan fingerprint density at radius 3 is 2.66 bits per heavy atom. The quantitative estimate of drug-likeness (QED) is 0.486. The maximum absolute atomic E-state index is 5.50. The van der Waals surface area contributed by atoms with Gasteiger partial charge >= 0.3 is 0 Å². The highest BCUT2D eigenvalue weighted by molar-refractivity contribution is 5.79. The van der Waals surface area contributed by atoms with Crippen molar-refractivity contribution in [1.82, 2.24) is 29.9 Å². The van der Waals surface area contributed by atoms with Crippen LogP contribution in [0.2, 0.25) is 0 Å². The van der Waals surface area contributed by atoms with E-state index in [0.29, 0.717) is 13.3 Å². The van der Waals surface area contributed by atoms with Gasteiger partial charge in [0, 0.05) is 45.5 Å². The van der Waals surface area contributed by atoms with Gasteiger partial charge in [-0.05, 0) is 29.8 Å². The molecule has 0 unspecified atom stereocenters. The van der Waals surface area contributed by atoms with Gasteiger partial charge in [0.15, 0.2) is 23.3 Å². The zero-order valence-electron chi connectivity index (χ0n) is 18.1. The summed E-state index contributed by atoms with van der Waals surface area (Å²) in [5.41, 5.74) is 2.28. The van der Waals surface area contributed by atoms with E-state index in [1.54, 1.807) is 6.33 Å². The fraction of sp³-hybridized carbons (Fsp3) is 0.348. The molecule has 2 aliphatic rings. The van der Waals surface area contributed by atoms with E-state index < -0.39 is 0 Å². The van der Waals surface area contributed by atoms with Crippen LogP contribution in [0.1, 0.15) is 11.4 Å². The maximum Gasteiger partial charge on any atom is 0.231 e. The molecule has 2 aliphatic heterocycles. The van der Waals surface area contributed by atoms with Crippen LogP contribution in [0.15, 0.2) is 59.9 Å². The van der Waals surface area contributed by atoms with Gasteiger partial charge in [0.1, 0.15) is 6.33 Å². The summed E-state index contributed by atoms with van der Waals surface area (Å²) in [5.74, 6) is 3.40. The minimum atomic E-state index is 0.311. The molecule has 3 heterocycles. The van der Waals surface area contributed by atoms with Crippen LogP contribution in [-0.2, 0) is 13.1 Å². The minimum absolute atomic E-state index is 0.311. The van der Waals surface area contributed by atoms with Crippen LogP contribution in [0, 0.1) is 0 Å². The molecule has 1 N–H and O–H groups in total. The van der Waals surface area contributed by atoms with Crippen molar-refractivity contribution in [3.8, 4) is 17.2 Å². The number of aromatic nitrogens is 3. The lowest BCUT2D eigenvalue weighted by Gasteiger charge is -2.36. The first-order valence-electron chi connectivity index (χ1n) is 10.8. The zero-order valence-corrected chi connectivity index (χ0v) is 18.1. The summed E-state index contributed by atoms with van der Waals surface area (Å²) in [6.07, 6.45) is 1.74. The van der Waals surface area contributed by atoms with Crippen molar-refractivity contribution in [3.05, 3.63) is 66.2 Å². The van der Waals surface area contributed by atoms with E-state index >= 15 is 0 Å². The standard InChI is InChI=1S/C23H27N7O2/c1-24-23(25-14-22-27-26-16-30(22)19-5-3-2-4-6-19)29-11-9-28(10-12-29)15-18-7-8-20-21(13-18)32-17-31-20/h2-8,13,16H,9-12,14-15,17H2,1H3,(H,24,25). The molecular formula is C23H27N7O2. The molecule has 0 aliphatic carbocycles. The van der Waals surface area contributed by atoms with E-state index in [-0.39, 0.29) is 0 Å². The number of guanidine groups is 1. The highest BCUT2D eigenvalue weighted by Crippen LogP contribution is 2.32. The molecule has 1 aromatic heterocycles. The second-order valence-corrected chi connectivity index (χ2v) is 7.80. The summed E-state index contributed by atoms with van der Waals surface area (Å²) >= 11 is 0. The fourth-order valence-corrected chi connectivity index (χ4v) is 4.09. The van der Waals surface area contributed by atoms with Crippen LogP contribution >= 0.6 is 0 Å². The molecule has 0 radical (unpaired) electrons. The van der Waals surface area contributed by atoms with Crippen LogP contribution in [0.5, 0.6) is 11.5 Å². The first kappa shape index (κ1) is 20.3. The van der Waals surface area contributed by atoms with Crippen molar-refractivity contribution in [2.45, 2.75) is 13.1 Å². The third-order valence-corrected chi connectivity index (χ3v) is 5.78. The van der Waals surface area contributed by atoms with E-state index in [2.05, 4.69) is 42.4 Å². The average molecular weight is 434 g/mol. The van der Waals surface area contributed by atoms with Gasteiger partial charge in [0.25, 0.3) is 0 Å². The van der Waals surface area contributed by atoms with Gasteiger partial charge in [0.05, 0.1) is 6.54 Å². The molecule has 9 nitrogen and oxygen atoms in total. The van der Waals surface area contributed by atoms with Crippen LogP contribution in [0.4, 0.5) is 0 Å². The summed E-state index contributed by atoms with van der Waals surface area (Å²) in [7, 11) is 1.82. The summed E-state index contributed by atoms with van der Waals surface area (Å²) in [4.78, 5) is 9.23. The molecule has 2 aromatic carbocycles. The van der Waals surface area contributed by atoms with Gasteiger partial charge in [-0.3, -0.25) is 14.5 Å². The Labute approximate surface area is 187 Å². The van der Waals surface area contributed by atoms with E-state index in [4.69, 9.17) is 9.47 Å². The lowest BCUT2D eigenvalue weighted by Crippen LogP contribution is -2.52. The molecule has 0 saturated carbocycles. The fourth-order valence-electron chi connectivity index (χ4n) is 4.09. The van der Waals surface area contributed by atoms with Gasteiger partial charge in [-0.15, -0.1) is 10.2 Å². The lowest BCUT2D eigenvalue weighted by molar-refractivity contribution is 0.171. The molecule has 9 heteroatoms. The molecule has 1 saturated heterocycles. The Morgan fingerprint density at radius 2 is 1.84 bits per heavy atom. The zero-order chi connectivity index (χ0) is 21.8. The van der Waals surface area contributed by atoms with E-state index in [1.165, 1.54) is 5.56 Å². The number of nitrogens with one attached hydrogen (secondary N) is 1. The molecule has 0 amide bonds. The lowest BCUT2D eigenvalue weighted by atomic mass is 10.1. The van der Waals surface area contributed by atoms with Gasteiger partial charge < -0.3 is 19.7 Å². The molecule has 5 rings (SSSR count). The first-order valence-corrected chi connectivity index (χ1v) is 10.8. The topological polar surface area (TPSA) is 80.0 Å². The number of hydrogen-bond acceptors (Lipinski definition) is 6. The van der Waals surface area contributed by atoms with Crippen molar-refractivity contribution in [1.29, 1.82) is 0 Å². The maximum atomic E-state index is 5.50. The highest BCUT2D eigenvalue weighted by Gasteiger charge is 2.21. The Hall–Kier alpha value is -3.59. The second-order valence-electron chi connectivity index (χ2n) is 7.80. The number of para-hydroxylation sites is 1. The normalized spacial score (nSPS) is 16.4. The second kappa shape index (κ2) is 9.27. The predicted molar refractivity (Wildman–Crippen MR) is 121 cm³/mol. The third kappa shape index (κ3) is 4.38. The molecule has 32 heavy (non-hydrogen) atoms. The molecule has 0 spiro atoms. The highest BCUT2D eigenvalue weighted by atomic mass is 16.7. The summed E-state index contributed by atoms with van der Waals surface area (Å²) < 4.78 is 12.9. The number of nitrogens with zero attached hydrogens (tertiary/aromatic N) is 6. The number of benzene rings is 2. The SMILES string of the molecule is CN=C(NCc1nncn1-c1ccccc1)N1CCN(Cc2ccc3c(c2)OCO3)CC1. The van der Waals surface area contributed by atoms with Crippen LogP contribution in [0.25, 0.3) is 5.69 Å². The van der Waals surface area contributed by atoms with E-state index in [1.807, 2.05) is 48.0 Å². The number of ether oxygens (including phenoxy) is 2. The van der Waals surface area contributed by atoms with Crippen molar-refractivity contribution < 1.29 is 9.47 Å². The van der Waals surface area contributed by atoms with Crippen molar-refractivity contribution in [2.75, 3.05) is 40.0 Å². The first-order chi connectivity index (χ1) is 15.8. The molecule has 0 bridgehead atoms. The van der Waals surface area contributed by atoms with Crippen molar-refractivity contribution >= 4 is 5.96 Å². The Balaban J connectivity index is 1.15. The smallest absolute Gasteiger partial charge is 0.231 e. The van der Waals surface area contributed by atoms with Crippen LogP contribution in [0.3, 0.4) is 0 Å². The molecule has 3 aromatic rings. The molecular weight excluding hydrogens is 406 g/mol. The number of aliphatic imine (C=N–C) groups is 1. The van der Waals surface area contributed by atoms with E-state index in [9.17, 15) is 0 Å². The number of hydrogen-bond donors (Lipinski definition) is 1. The third-order valence-electron chi connectivity index (χ3n) is 5.78. The molecule has 1 fully saturated rings. The number of piperazine rings is 1. The Morgan fingerprint density at radius 1 is 1.03 bits per heavy atom. The predicted octanol–water partition coefficient (Wildman–Crippen LogP) is 1.89. The molecule has 0 atom stereocenters. The van der Waals surface area contributed by atoms with Gasteiger partial charge in [-0.1, -0.05) is 24.3 Å². The van der Waals surface area contributed by atoms with Crippen molar-refractivity contribution in [2.24, 2.45) is 4.99 Å². The van der Waals surface area contributed by atoms with Gasteiger partial charge in [-0.25, -0.2) is 0 Å². The molecule has 166 valence electrons. The van der Waals surface area contributed by atoms with Gasteiger partial charge in [0.2, 0.25) is 6.79 Å². The van der Waals surface area contributed by atoms with E-state index in [0.717, 1.165) is 61.7 Å².